The van der Waals surface area contributed by atoms with Crippen LogP contribution < -0.4 is 4.90 Å². The number of rotatable bonds is 2. The van der Waals surface area contributed by atoms with Crippen molar-refractivity contribution in [2.45, 2.75) is 27.2 Å². The average Bonchev–Trinajstić information content (AvgIpc) is 3.08. The van der Waals surface area contributed by atoms with Gasteiger partial charge >= 0.3 is 0 Å². The molecule has 2 aliphatic rings. The third-order valence-electron chi connectivity index (χ3n) is 5.26. The zero-order valence-electron chi connectivity index (χ0n) is 14.9. The van der Waals surface area contributed by atoms with Crippen LogP contribution in [0.3, 0.4) is 0 Å². The van der Waals surface area contributed by atoms with Gasteiger partial charge in [-0.3, -0.25) is 14.4 Å². The lowest BCUT2D eigenvalue weighted by atomic mass is 9.75. The van der Waals surface area contributed by atoms with Gasteiger partial charge in [-0.1, -0.05) is 19.9 Å². The van der Waals surface area contributed by atoms with Gasteiger partial charge in [0.2, 0.25) is 5.91 Å². The molecule has 1 unspecified atom stereocenters. The van der Waals surface area contributed by atoms with Crippen LogP contribution in [0, 0.1) is 18.3 Å². The van der Waals surface area contributed by atoms with Crippen LogP contribution in [0.1, 0.15) is 31.7 Å². The number of carbonyl (C=O) groups is 1. The van der Waals surface area contributed by atoms with Crippen molar-refractivity contribution in [1.29, 1.82) is 0 Å². The van der Waals surface area contributed by atoms with Crippen molar-refractivity contribution in [1.82, 2.24) is 19.7 Å². The number of carbonyl (C=O) groups excluding carboxylic acids is 1. The molecule has 2 aromatic heterocycles. The van der Waals surface area contributed by atoms with Crippen LogP contribution in [0.4, 0.5) is 5.82 Å². The molecule has 1 atom stereocenters. The molecule has 3 heterocycles. The number of anilines is 1. The van der Waals surface area contributed by atoms with Crippen molar-refractivity contribution < 1.29 is 4.79 Å². The van der Waals surface area contributed by atoms with E-state index in [9.17, 15) is 4.79 Å². The second-order valence-electron chi connectivity index (χ2n) is 7.21. The molecule has 0 N–H and O–H groups in total. The van der Waals surface area contributed by atoms with E-state index >= 15 is 0 Å². The van der Waals surface area contributed by atoms with Gasteiger partial charge in [0.05, 0.1) is 11.6 Å². The number of aryl methyl sites for hydroxylation is 2. The van der Waals surface area contributed by atoms with Crippen molar-refractivity contribution in [3.63, 3.8) is 0 Å². The Hall–Kier alpha value is -2.76. The summed E-state index contributed by atoms with van der Waals surface area (Å²) in [6.45, 7) is 5.92. The molecule has 128 valence electrons. The standard InChI is InChI=1S/C19H21N5O/c1-12-20-10-14(11-21-12)13-5-6-15-16(9-13)24(18(25)19(15,2)3)17-7-8-22-23(17)4/h5,7-11,15H,6H2,1-4H3. The summed E-state index contributed by atoms with van der Waals surface area (Å²) < 4.78 is 1.74. The fourth-order valence-corrected chi connectivity index (χ4v) is 3.69. The summed E-state index contributed by atoms with van der Waals surface area (Å²) in [5.74, 6) is 1.82. The Labute approximate surface area is 146 Å². The van der Waals surface area contributed by atoms with Gasteiger partial charge in [-0.15, -0.1) is 0 Å². The van der Waals surface area contributed by atoms with E-state index in [2.05, 4.69) is 27.2 Å². The summed E-state index contributed by atoms with van der Waals surface area (Å²) in [5, 5.41) is 4.23. The summed E-state index contributed by atoms with van der Waals surface area (Å²) in [5.41, 5.74) is 2.61. The fraction of sp³-hybridized carbons (Fsp3) is 0.368. The molecule has 1 aliphatic carbocycles. The largest absolute Gasteiger partial charge is 0.273 e. The van der Waals surface area contributed by atoms with E-state index < -0.39 is 5.41 Å². The Balaban J connectivity index is 1.81. The molecule has 0 saturated carbocycles. The quantitative estimate of drug-likeness (QED) is 0.846. The Morgan fingerprint density at radius 2 is 1.96 bits per heavy atom. The molecular formula is C19H21N5O. The summed E-state index contributed by atoms with van der Waals surface area (Å²) in [6.07, 6.45) is 10.5. The topological polar surface area (TPSA) is 63.9 Å². The molecular weight excluding hydrogens is 314 g/mol. The highest BCUT2D eigenvalue weighted by Crippen LogP contribution is 2.50. The SMILES string of the molecule is Cc1ncc(C2=CCC3C(=C2)N(c2ccnn2C)C(=O)C3(C)C)cn1. The van der Waals surface area contributed by atoms with E-state index in [1.165, 1.54) is 0 Å². The van der Waals surface area contributed by atoms with Crippen LogP contribution in [0.2, 0.25) is 0 Å². The van der Waals surface area contributed by atoms with Crippen molar-refractivity contribution in [2.24, 2.45) is 18.4 Å². The smallest absolute Gasteiger partial charge is 0.238 e. The van der Waals surface area contributed by atoms with Crippen LogP contribution in [0.5, 0.6) is 0 Å². The van der Waals surface area contributed by atoms with Crippen LogP contribution in [-0.4, -0.2) is 25.7 Å². The molecule has 0 spiro atoms. The molecule has 6 heteroatoms. The lowest BCUT2D eigenvalue weighted by Crippen LogP contribution is -2.32. The minimum Gasteiger partial charge on any atom is -0.273 e. The highest BCUT2D eigenvalue weighted by atomic mass is 16.2. The predicted molar refractivity (Wildman–Crippen MR) is 95.4 cm³/mol. The van der Waals surface area contributed by atoms with Crippen LogP contribution in [-0.2, 0) is 11.8 Å². The van der Waals surface area contributed by atoms with Crippen molar-refractivity contribution in [3.05, 3.63) is 53.9 Å². The lowest BCUT2D eigenvalue weighted by Gasteiger charge is -2.26. The van der Waals surface area contributed by atoms with Crippen LogP contribution in [0.25, 0.3) is 5.57 Å². The molecule has 1 amide bonds. The molecule has 1 aliphatic heterocycles. The minimum absolute atomic E-state index is 0.113. The maximum absolute atomic E-state index is 13.1. The molecule has 0 aromatic carbocycles. The first-order chi connectivity index (χ1) is 11.9. The third kappa shape index (κ3) is 2.32. The molecule has 2 aromatic rings. The van der Waals surface area contributed by atoms with Gasteiger partial charge in [0.25, 0.3) is 0 Å². The zero-order valence-corrected chi connectivity index (χ0v) is 14.9. The number of allylic oxidation sites excluding steroid dienone is 4. The van der Waals surface area contributed by atoms with Gasteiger partial charge in [-0.25, -0.2) is 9.97 Å². The lowest BCUT2D eigenvalue weighted by molar-refractivity contribution is -0.125. The zero-order chi connectivity index (χ0) is 17.8. The Kier molecular flexibility index (Phi) is 3.39. The normalized spacial score (nSPS) is 21.8. The van der Waals surface area contributed by atoms with Crippen LogP contribution >= 0.6 is 0 Å². The number of amides is 1. The van der Waals surface area contributed by atoms with Gasteiger partial charge in [-0.05, 0) is 25.0 Å². The highest BCUT2D eigenvalue weighted by Gasteiger charge is 2.52. The Bertz CT molecular complexity index is 904. The Morgan fingerprint density at radius 1 is 1.24 bits per heavy atom. The minimum atomic E-state index is -0.443. The van der Waals surface area contributed by atoms with E-state index in [-0.39, 0.29) is 11.8 Å². The number of hydrogen-bond donors (Lipinski definition) is 0. The van der Waals surface area contributed by atoms with Crippen LogP contribution in [0.15, 0.2) is 42.5 Å². The molecule has 0 bridgehead atoms. The first-order valence-corrected chi connectivity index (χ1v) is 8.43. The van der Waals surface area contributed by atoms with Crippen molar-refractivity contribution in [2.75, 3.05) is 4.90 Å². The second kappa shape index (κ2) is 5.37. The van der Waals surface area contributed by atoms with E-state index in [4.69, 9.17) is 0 Å². The Morgan fingerprint density at radius 3 is 2.60 bits per heavy atom. The molecule has 1 saturated heterocycles. The summed E-state index contributed by atoms with van der Waals surface area (Å²) in [4.78, 5) is 23.5. The van der Waals surface area contributed by atoms with Crippen molar-refractivity contribution >= 4 is 17.3 Å². The molecule has 25 heavy (non-hydrogen) atoms. The number of fused-ring (bicyclic) bond motifs is 1. The fourth-order valence-electron chi connectivity index (χ4n) is 3.69. The number of aromatic nitrogens is 4. The number of hydrogen-bond acceptors (Lipinski definition) is 4. The molecule has 0 radical (unpaired) electrons. The highest BCUT2D eigenvalue weighted by molar-refractivity contribution is 6.04. The van der Waals surface area contributed by atoms with Gasteiger partial charge in [-0.2, -0.15) is 5.10 Å². The third-order valence-corrected chi connectivity index (χ3v) is 5.26. The summed E-state index contributed by atoms with van der Waals surface area (Å²) in [6, 6.07) is 1.88. The summed E-state index contributed by atoms with van der Waals surface area (Å²) in [7, 11) is 1.86. The average molecular weight is 335 g/mol. The van der Waals surface area contributed by atoms with E-state index in [0.29, 0.717) is 0 Å². The summed E-state index contributed by atoms with van der Waals surface area (Å²) >= 11 is 0. The van der Waals surface area contributed by atoms with E-state index in [1.54, 1.807) is 10.9 Å². The van der Waals surface area contributed by atoms with Gasteiger partial charge < -0.3 is 0 Å². The maximum atomic E-state index is 13.1. The molecule has 6 nitrogen and oxygen atoms in total. The first-order valence-electron chi connectivity index (χ1n) is 8.43. The van der Waals surface area contributed by atoms with Gasteiger partial charge in [0.15, 0.2) is 0 Å². The van der Waals surface area contributed by atoms with Crippen molar-refractivity contribution in [3.8, 4) is 0 Å². The molecule has 4 rings (SSSR count). The van der Waals surface area contributed by atoms with E-state index in [0.717, 1.165) is 34.9 Å². The van der Waals surface area contributed by atoms with Gasteiger partial charge in [0.1, 0.15) is 11.6 Å². The predicted octanol–water partition coefficient (Wildman–Crippen LogP) is 2.88. The first kappa shape index (κ1) is 15.7. The maximum Gasteiger partial charge on any atom is 0.238 e. The monoisotopic (exact) mass is 335 g/mol. The number of nitrogens with zero attached hydrogens (tertiary/aromatic N) is 5. The van der Waals surface area contributed by atoms with E-state index in [1.807, 2.05) is 51.2 Å². The second-order valence-corrected chi connectivity index (χ2v) is 7.21. The molecule has 1 fully saturated rings. The van der Waals surface area contributed by atoms with Gasteiger partial charge in [0, 0.05) is 42.7 Å².